The molecule has 0 amide bonds. The standard InChI is InChI=1S/C20H18N2O2S/c1-13-5-3-4-6-16(13)17-10-20(25-22-17)19(24)12-21-11-15-7-8-18(23)14(2)9-15/h3-11,23H,12H2,1-2H3. The third-order valence-electron chi connectivity index (χ3n) is 3.90. The molecule has 2 aromatic carbocycles. The molecule has 1 heterocycles. The maximum absolute atomic E-state index is 12.3. The number of rotatable bonds is 5. The van der Waals surface area contributed by atoms with E-state index in [0.717, 1.165) is 27.9 Å². The quantitative estimate of drug-likeness (QED) is 0.547. The van der Waals surface area contributed by atoms with Crippen LogP contribution >= 0.6 is 11.5 Å². The van der Waals surface area contributed by atoms with Crippen LogP contribution in [0.5, 0.6) is 5.75 Å². The summed E-state index contributed by atoms with van der Waals surface area (Å²) < 4.78 is 4.40. The molecule has 0 saturated heterocycles. The second-order valence-corrected chi connectivity index (χ2v) is 6.64. The van der Waals surface area contributed by atoms with E-state index in [9.17, 15) is 9.90 Å². The van der Waals surface area contributed by atoms with Crippen LogP contribution in [0.2, 0.25) is 0 Å². The van der Waals surface area contributed by atoms with Crippen LogP contribution in [0.1, 0.15) is 26.4 Å². The Hall–Kier alpha value is -2.79. The number of phenols is 1. The molecular weight excluding hydrogens is 332 g/mol. The van der Waals surface area contributed by atoms with Crippen molar-refractivity contribution >= 4 is 23.5 Å². The number of Topliss-reactive ketones (excluding diaryl/α,β-unsaturated/α-hetero) is 1. The molecule has 3 rings (SSSR count). The van der Waals surface area contributed by atoms with Crippen molar-refractivity contribution in [2.45, 2.75) is 13.8 Å². The van der Waals surface area contributed by atoms with Gasteiger partial charge in [-0.25, -0.2) is 0 Å². The van der Waals surface area contributed by atoms with Crippen molar-refractivity contribution in [1.82, 2.24) is 4.37 Å². The van der Waals surface area contributed by atoms with Crippen LogP contribution in [0.15, 0.2) is 53.5 Å². The number of carbonyl (C=O) groups excluding carboxylic acids is 1. The Kier molecular flexibility index (Phi) is 5.05. The molecule has 0 bridgehead atoms. The minimum atomic E-state index is -0.0518. The summed E-state index contributed by atoms with van der Waals surface area (Å²) in [5, 5.41) is 9.52. The van der Waals surface area contributed by atoms with Crippen LogP contribution in [0.3, 0.4) is 0 Å². The van der Waals surface area contributed by atoms with Crippen LogP contribution in [0.4, 0.5) is 0 Å². The van der Waals surface area contributed by atoms with E-state index in [4.69, 9.17) is 0 Å². The van der Waals surface area contributed by atoms with Crippen molar-refractivity contribution in [3.8, 4) is 17.0 Å². The Labute approximate surface area is 150 Å². The van der Waals surface area contributed by atoms with Gasteiger partial charge in [-0.15, -0.1) is 0 Å². The molecule has 0 aliphatic carbocycles. The van der Waals surface area contributed by atoms with E-state index in [2.05, 4.69) is 9.37 Å². The zero-order valence-electron chi connectivity index (χ0n) is 14.1. The fourth-order valence-corrected chi connectivity index (χ4v) is 3.14. The highest BCUT2D eigenvalue weighted by Gasteiger charge is 2.12. The van der Waals surface area contributed by atoms with Gasteiger partial charge in [-0.05, 0) is 66.3 Å². The number of ketones is 1. The average Bonchev–Trinajstić information content (AvgIpc) is 3.08. The minimum absolute atomic E-state index is 0.0518. The second-order valence-electron chi connectivity index (χ2n) is 5.83. The van der Waals surface area contributed by atoms with Gasteiger partial charge < -0.3 is 5.11 Å². The van der Waals surface area contributed by atoms with E-state index >= 15 is 0 Å². The molecule has 1 N–H and O–H groups in total. The van der Waals surface area contributed by atoms with Crippen LogP contribution < -0.4 is 0 Å². The van der Waals surface area contributed by atoms with Gasteiger partial charge in [0.05, 0.1) is 10.6 Å². The van der Waals surface area contributed by atoms with E-state index in [-0.39, 0.29) is 18.1 Å². The summed E-state index contributed by atoms with van der Waals surface area (Å²) in [6.07, 6.45) is 1.65. The highest BCUT2D eigenvalue weighted by molar-refractivity contribution is 7.08. The van der Waals surface area contributed by atoms with Crippen molar-refractivity contribution < 1.29 is 9.90 Å². The maximum atomic E-state index is 12.3. The van der Waals surface area contributed by atoms with Crippen molar-refractivity contribution in [1.29, 1.82) is 0 Å². The monoisotopic (exact) mass is 350 g/mol. The predicted octanol–water partition coefficient (Wildman–Crippen LogP) is 4.43. The van der Waals surface area contributed by atoms with Crippen molar-refractivity contribution in [3.63, 3.8) is 0 Å². The number of aromatic hydroxyl groups is 1. The number of aryl methyl sites for hydroxylation is 2. The molecular formula is C20H18N2O2S. The Morgan fingerprint density at radius 2 is 1.96 bits per heavy atom. The van der Waals surface area contributed by atoms with E-state index in [1.165, 1.54) is 11.5 Å². The zero-order chi connectivity index (χ0) is 17.8. The predicted molar refractivity (Wildman–Crippen MR) is 102 cm³/mol. The first-order valence-electron chi connectivity index (χ1n) is 7.90. The lowest BCUT2D eigenvalue weighted by Gasteiger charge is -2.00. The number of aliphatic imine (C=N–C) groups is 1. The molecule has 1 aromatic heterocycles. The van der Waals surface area contributed by atoms with Gasteiger partial charge in [0.1, 0.15) is 12.3 Å². The average molecular weight is 350 g/mol. The topological polar surface area (TPSA) is 62.5 Å². The molecule has 0 saturated carbocycles. The Balaban J connectivity index is 1.69. The van der Waals surface area contributed by atoms with Gasteiger partial charge in [-0.1, -0.05) is 24.3 Å². The van der Waals surface area contributed by atoms with E-state index in [1.807, 2.05) is 50.2 Å². The number of carbonyl (C=O) groups is 1. The van der Waals surface area contributed by atoms with Gasteiger partial charge in [-0.3, -0.25) is 9.79 Å². The third-order valence-corrected chi connectivity index (χ3v) is 4.73. The largest absolute Gasteiger partial charge is 0.508 e. The number of benzene rings is 2. The fraction of sp³-hybridized carbons (Fsp3) is 0.150. The highest BCUT2D eigenvalue weighted by atomic mass is 32.1. The molecule has 0 radical (unpaired) electrons. The highest BCUT2D eigenvalue weighted by Crippen LogP contribution is 2.25. The minimum Gasteiger partial charge on any atom is -0.508 e. The number of phenolic OH excluding ortho intramolecular Hbond substituents is 1. The first-order valence-corrected chi connectivity index (χ1v) is 8.67. The molecule has 0 aliphatic rings. The molecule has 25 heavy (non-hydrogen) atoms. The first kappa shape index (κ1) is 17.0. The lowest BCUT2D eigenvalue weighted by molar-refractivity contribution is 0.101. The number of hydrogen-bond donors (Lipinski definition) is 1. The summed E-state index contributed by atoms with van der Waals surface area (Å²) in [7, 11) is 0. The third kappa shape index (κ3) is 4.00. The smallest absolute Gasteiger partial charge is 0.195 e. The number of aromatic nitrogens is 1. The van der Waals surface area contributed by atoms with Crippen molar-refractivity contribution in [2.24, 2.45) is 4.99 Å². The molecule has 0 spiro atoms. The van der Waals surface area contributed by atoms with Gasteiger partial charge in [-0.2, -0.15) is 4.37 Å². The molecule has 5 heteroatoms. The van der Waals surface area contributed by atoms with Crippen LogP contribution in [-0.4, -0.2) is 28.0 Å². The number of nitrogens with zero attached hydrogens (tertiary/aromatic N) is 2. The summed E-state index contributed by atoms with van der Waals surface area (Å²) in [5.74, 6) is 0.200. The lowest BCUT2D eigenvalue weighted by Crippen LogP contribution is -2.01. The van der Waals surface area contributed by atoms with Gasteiger partial charge in [0.25, 0.3) is 0 Å². The maximum Gasteiger partial charge on any atom is 0.195 e. The van der Waals surface area contributed by atoms with Crippen molar-refractivity contribution in [3.05, 3.63) is 70.1 Å². The molecule has 0 unspecified atom stereocenters. The molecule has 0 atom stereocenters. The van der Waals surface area contributed by atoms with Gasteiger partial charge >= 0.3 is 0 Å². The van der Waals surface area contributed by atoms with Gasteiger partial charge in [0.15, 0.2) is 5.78 Å². The summed E-state index contributed by atoms with van der Waals surface area (Å²) in [5.41, 5.74) is 4.63. The Morgan fingerprint density at radius 3 is 2.72 bits per heavy atom. The normalized spacial score (nSPS) is 11.1. The van der Waals surface area contributed by atoms with Crippen molar-refractivity contribution in [2.75, 3.05) is 6.54 Å². The van der Waals surface area contributed by atoms with Gasteiger partial charge in [0.2, 0.25) is 0 Å². The molecule has 3 aromatic rings. The molecule has 0 fully saturated rings. The first-order chi connectivity index (χ1) is 12.0. The number of hydrogen-bond acceptors (Lipinski definition) is 5. The SMILES string of the molecule is Cc1cc(C=NCC(=O)c2cc(-c3ccccc3C)ns2)ccc1O. The van der Waals surface area contributed by atoms with Crippen LogP contribution in [0.25, 0.3) is 11.3 Å². The summed E-state index contributed by atoms with van der Waals surface area (Å²) in [6, 6.07) is 15.0. The summed E-state index contributed by atoms with van der Waals surface area (Å²) in [4.78, 5) is 17.1. The second kappa shape index (κ2) is 7.40. The van der Waals surface area contributed by atoms with E-state index in [1.54, 1.807) is 18.3 Å². The summed E-state index contributed by atoms with van der Waals surface area (Å²) in [6.45, 7) is 3.93. The van der Waals surface area contributed by atoms with Crippen LogP contribution in [-0.2, 0) is 0 Å². The van der Waals surface area contributed by atoms with Gasteiger partial charge in [0, 0.05) is 11.8 Å². The Bertz CT molecular complexity index is 944. The fourth-order valence-electron chi connectivity index (χ4n) is 2.46. The van der Waals surface area contributed by atoms with E-state index in [0.29, 0.717) is 4.88 Å². The summed E-state index contributed by atoms with van der Waals surface area (Å²) >= 11 is 1.21. The zero-order valence-corrected chi connectivity index (χ0v) is 14.9. The molecule has 126 valence electrons. The Morgan fingerprint density at radius 1 is 1.16 bits per heavy atom. The molecule has 0 aliphatic heterocycles. The van der Waals surface area contributed by atoms with E-state index < -0.39 is 0 Å². The van der Waals surface area contributed by atoms with Crippen LogP contribution in [0, 0.1) is 13.8 Å². The lowest BCUT2D eigenvalue weighted by atomic mass is 10.1. The molecule has 4 nitrogen and oxygen atoms in total.